The van der Waals surface area contributed by atoms with Gasteiger partial charge in [0.1, 0.15) is 0 Å². The van der Waals surface area contributed by atoms with E-state index in [1.54, 1.807) is 11.3 Å². The largest absolute Gasteiger partial charge is 0.396 e. The summed E-state index contributed by atoms with van der Waals surface area (Å²) in [7, 11) is 3.87. The topological polar surface area (TPSA) is 77.5 Å². The molecule has 0 aromatic carbocycles. The van der Waals surface area contributed by atoms with E-state index in [1.807, 2.05) is 38.2 Å². The maximum atomic E-state index is 11.7. The lowest BCUT2D eigenvalue weighted by Gasteiger charge is -2.23. The predicted molar refractivity (Wildman–Crippen MR) is 82.2 cm³/mol. The second-order valence-electron chi connectivity index (χ2n) is 5.69. The lowest BCUT2D eigenvalue weighted by Crippen LogP contribution is -2.40. The molecule has 1 aromatic heterocycles. The number of aliphatic hydroxyl groups is 1. The molecule has 0 aliphatic rings. The highest BCUT2D eigenvalue weighted by atomic mass is 32.1. The Bertz CT molecular complexity index is 432. The van der Waals surface area contributed by atoms with E-state index in [-0.39, 0.29) is 18.1 Å². The molecule has 1 aromatic rings. The van der Waals surface area contributed by atoms with Crippen LogP contribution < -0.4 is 15.5 Å². The van der Waals surface area contributed by atoms with Crippen LogP contribution in [0.4, 0.5) is 9.93 Å². The summed E-state index contributed by atoms with van der Waals surface area (Å²) in [6.07, 6.45) is 0.658. The van der Waals surface area contributed by atoms with Gasteiger partial charge in [-0.25, -0.2) is 9.78 Å². The van der Waals surface area contributed by atoms with Crippen LogP contribution in [-0.4, -0.2) is 43.4 Å². The molecule has 114 valence electrons. The molecule has 2 amide bonds. The van der Waals surface area contributed by atoms with Crippen LogP contribution in [0.3, 0.4) is 0 Å². The standard InChI is InChI=1S/C13H24N4O2S/c1-13(2,5-6-18)9-15-11(19)14-7-10-8-20-12(16-10)17(3)4/h8,18H,5-7,9H2,1-4H3,(H2,14,15,19). The maximum Gasteiger partial charge on any atom is 0.315 e. The monoisotopic (exact) mass is 300 g/mol. The van der Waals surface area contributed by atoms with Crippen molar-refractivity contribution in [3.8, 4) is 0 Å². The van der Waals surface area contributed by atoms with Crippen LogP contribution in [0.1, 0.15) is 26.0 Å². The maximum absolute atomic E-state index is 11.7. The van der Waals surface area contributed by atoms with Crippen molar-refractivity contribution >= 4 is 22.5 Å². The van der Waals surface area contributed by atoms with Gasteiger partial charge in [0, 0.05) is 32.6 Å². The molecule has 1 heterocycles. The predicted octanol–water partition coefficient (Wildman–Crippen LogP) is 1.42. The highest BCUT2D eigenvalue weighted by Gasteiger charge is 2.18. The summed E-state index contributed by atoms with van der Waals surface area (Å²) in [5, 5.41) is 17.4. The van der Waals surface area contributed by atoms with Crippen molar-refractivity contribution in [1.82, 2.24) is 15.6 Å². The van der Waals surface area contributed by atoms with Crippen molar-refractivity contribution in [2.45, 2.75) is 26.8 Å². The molecule has 0 bridgehead atoms. The van der Waals surface area contributed by atoms with Crippen molar-refractivity contribution in [3.05, 3.63) is 11.1 Å². The molecule has 0 saturated heterocycles. The van der Waals surface area contributed by atoms with Gasteiger partial charge in [-0.1, -0.05) is 13.8 Å². The van der Waals surface area contributed by atoms with Gasteiger partial charge in [0.05, 0.1) is 12.2 Å². The van der Waals surface area contributed by atoms with Gasteiger partial charge in [-0.3, -0.25) is 0 Å². The Kier molecular flexibility index (Phi) is 6.22. The molecule has 0 atom stereocenters. The van der Waals surface area contributed by atoms with Crippen molar-refractivity contribution in [2.75, 3.05) is 32.1 Å². The number of aliphatic hydroxyl groups excluding tert-OH is 1. The first kappa shape index (κ1) is 16.7. The second-order valence-corrected chi connectivity index (χ2v) is 6.53. The van der Waals surface area contributed by atoms with Gasteiger partial charge in [0.25, 0.3) is 0 Å². The van der Waals surface area contributed by atoms with Crippen molar-refractivity contribution in [1.29, 1.82) is 0 Å². The molecule has 6 nitrogen and oxygen atoms in total. The molecule has 3 N–H and O–H groups in total. The number of nitrogens with one attached hydrogen (secondary N) is 2. The van der Waals surface area contributed by atoms with Crippen molar-refractivity contribution in [3.63, 3.8) is 0 Å². The highest BCUT2D eigenvalue weighted by molar-refractivity contribution is 7.13. The third-order valence-corrected chi connectivity index (χ3v) is 3.93. The molecular formula is C13H24N4O2S. The van der Waals surface area contributed by atoms with Gasteiger partial charge in [0.15, 0.2) is 5.13 Å². The average molecular weight is 300 g/mol. The van der Waals surface area contributed by atoms with Gasteiger partial charge in [-0.2, -0.15) is 0 Å². The van der Waals surface area contributed by atoms with Gasteiger partial charge >= 0.3 is 6.03 Å². The van der Waals surface area contributed by atoms with E-state index in [1.165, 1.54) is 0 Å². The van der Waals surface area contributed by atoms with E-state index >= 15 is 0 Å². The number of amides is 2. The highest BCUT2D eigenvalue weighted by Crippen LogP contribution is 2.18. The molecule has 0 saturated carbocycles. The van der Waals surface area contributed by atoms with Crippen molar-refractivity contribution in [2.24, 2.45) is 5.41 Å². The number of urea groups is 1. The molecule has 0 aliphatic carbocycles. The molecular weight excluding hydrogens is 276 g/mol. The molecule has 0 radical (unpaired) electrons. The Balaban J connectivity index is 2.32. The van der Waals surface area contributed by atoms with E-state index < -0.39 is 0 Å². The van der Waals surface area contributed by atoms with E-state index in [0.717, 1.165) is 10.8 Å². The van der Waals surface area contributed by atoms with Gasteiger partial charge in [-0.15, -0.1) is 11.3 Å². The van der Waals surface area contributed by atoms with Crippen LogP contribution in [0.5, 0.6) is 0 Å². The fraction of sp³-hybridized carbons (Fsp3) is 0.692. The summed E-state index contributed by atoms with van der Waals surface area (Å²) in [6.45, 7) is 5.08. The SMILES string of the molecule is CN(C)c1nc(CNC(=O)NCC(C)(C)CCO)cs1. The Morgan fingerprint density at radius 1 is 1.45 bits per heavy atom. The molecule has 0 unspecified atom stereocenters. The van der Waals surface area contributed by atoms with Crippen LogP contribution in [0.15, 0.2) is 5.38 Å². The molecule has 20 heavy (non-hydrogen) atoms. The number of aromatic nitrogens is 1. The van der Waals surface area contributed by atoms with Gasteiger partial charge in [-0.05, 0) is 11.8 Å². The molecule has 7 heteroatoms. The van der Waals surface area contributed by atoms with Gasteiger partial charge < -0.3 is 20.6 Å². The first-order chi connectivity index (χ1) is 9.34. The minimum absolute atomic E-state index is 0.106. The lowest BCUT2D eigenvalue weighted by atomic mass is 9.90. The summed E-state index contributed by atoms with van der Waals surface area (Å²) in [5.74, 6) is 0. The fourth-order valence-electron chi connectivity index (χ4n) is 1.53. The van der Waals surface area contributed by atoms with E-state index in [2.05, 4.69) is 15.6 Å². The smallest absolute Gasteiger partial charge is 0.315 e. The van der Waals surface area contributed by atoms with Crippen molar-refractivity contribution < 1.29 is 9.90 Å². The fourth-order valence-corrected chi connectivity index (χ4v) is 2.29. The summed E-state index contributed by atoms with van der Waals surface area (Å²) in [6, 6.07) is -0.213. The van der Waals surface area contributed by atoms with Crippen LogP contribution in [0, 0.1) is 5.41 Å². The van der Waals surface area contributed by atoms with E-state index in [9.17, 15) is 4.79 Å². The second kappa shape index (κ2) is 7.44. The normalized spacial score (nSPS) is 11.2. The molecule has 1 rings (SSSR count). The zero-order chi connectivity index (χ0) is 15.2. The number of hydrogen-bond donors (Lipinski definition) is 3. The Hall–Kier alpha value is -1.34. The summed E-state index contributed by atoms with van der Waals surface area (Å²) >= 11 is 1.55. The third-order valence-electron chi connectivity index (χ3n) is 2.87. The number of carbonyl (C=O) groups is 1. The van der Waals surface area contributed by atoms with E-state index in [4.69, 9.17) is 5.11 Å². The number of nitrogens with zero attached hydrogens (tertiary/aromatic N) is 2. The summed E-state index contributed by atoms with van der Waals surface area (Å²) < 4.78 is 0. The summed E-state index contributed by atoms with van der Waals surface area (Å²) in [5.41, 5.74) is 0.744. The number of hydrogen-bond acceptors (Lipinski definition) is 5. The Labute approximate surface area is 124 Å². The number of thiazole rings is 1. The van der Waals surface area contributed by atoms with E-state index in [0.29, 0.717) is 19.5 Å². The number of carbonyl (C=O) groups excluding carboxylic acids is 1. The molecule has 0 fully saturated rings. The zero-order valence-corrected chi connectivity index (χ0v) is 13.4. The number of anilines is 1. The van der Waals surface area contributed by atoms with Gasteiger partial charge in [0.2, 0.25) is 0 Å². The Morgan fingerprint density at radius 3 is 2.70 bits per heavy atom. The molecule has 0 aliphatic heterocycles. The zero-order valence-electron chi connectivity index (χ0n) is 12.6. The first-order valence-corrected chi connectivity index (χ1v) is 7.46. The van der Waals surface area contributed by atoms with Crippen LogP contribution in [0.25, 0.3) is 0 Å². The lowest BCUT2D eigenvalue weighted by molar-refractivity contribution is 0.201. The van der Waals surface area contributed by atoms with Crippen LogP contribution in [0.2, 0.25) is 0 Å². The minimum atomic E-state index is -0.213. The van der Waals surface area contributed by atoms with Crippen LogP contribution >= 0.6 is 11.3 Å². The third kappa shape index (κ3) is 5.75. The number of rotatable bonds is 7. The first-order valence-electron chi connectivity index (χ1n) is 6.58. The average Bonchev–Trinajstić information content (AvgIpc) is 2.83. The molecule has 0 spiro atoms. The minimum Gasteiger partial charge on any atom is -0.396 e. The quantitative estimate of drug-likeness (QED) is 0.711. The Morgan fingerprint density at radius 2 is 2.15 bits per heavy atom. The van der Waals surface area contributed by atoms with Crippen LogP contribution in [-0.2, 0) is 6.54 Å². The summed E-state index contributed by atoms with van der Waals surface area (Å²) in [4.78, 5) is 18.0.